The third-order valence-corrected chi connectivity index (χ3v) is 6.35. The zero-order valence-corrected chi connectivity index (χ0v) is 19.4. The van der Waals surface area contributed by atoms with E-state index in [0.717, 1.165) is 11.8 Å². The first-order valence-electron chi connectivity index (χ1n) is 10.4. The molecule has 3 rings (SSSR count). The highest BCUT2D eigenvalue weighted by atomic mass is 32.2. The van der Waals surface area contributed by atoms with E-state index in [1.54, 1.807) is 6.07 Å². The SMILES string of the molecule is CC(C)c1cccc(Nc2nc(NC3CCN(S(C)(=O)=O)CC3)nc(OCC(F)(F)F)n2)c1. The molecular formula is C20H27F3N6O3S. The van der Waals surface area contributed by atoms with Gasteiger partial charge in [0, 0.05) is 24.8 Å². The van der Waals surface area contributed by atoms with Crippen molar-refractivity contribution < 1.29 is 26.3 Å². The number of aromatic nitrogens is 3. The number of alkyl halides is 3. The van der Waals surface area contributed by atoms with Crippen LogP contribution in [0.2, 0.25) is 0 Å². The molecule has 1 saturated heterocycles. The van der Waals surface area contributed by atoms with Crippen molar-refractivity contribution in [2.45, 2.75) is 44.8 Å². The molecule has 1 aromatic carbocycles. The molecule has 33 heavy (non-hydrogen) atoms. The summed E-state index contributed by atoms with van der Waals surface area (Å²) < 4.78 is 67.4. The highest BCUT2D eigenvalue weighted by Gasteiger charge is 2.30. The third kappa shape index (κ3) is 7.70. The van der Waals surface area contributed by atoms with Crippen LogP contribution in [0.4, 0.5) is 30.8 Å². The second kappa shape index (κ2) is 10.1. The minimum absolute atomic E-state index is 0.0270. The summed E-state index contributed by atoms with van der Waals surface area (Å²) in [7, 11) is -3.27. The lowest BCUT2D eigenvalue weighted by Crippen LogP contribution is -2.42. The summed E-state index contributed by atoms with van der Waals surface area (Å²) in [5.74, 6) is 0.354. The summed E-state index contributed by atoms with van der Waals surface area (Å²) >= 11 is 0. The molecule has 0 saturated carbocycles. The van der Waals surface area contributed by atoms with E-state index in [1.807, 2.05) is 32.0 Å². The molecule has 1 aromatic heterocycles. The average Bonchev–Trinajstić information content (AvgIpc) is 2.71. The third-order valence-electron chi connectivity index (χ3n) is 5.05. The molecule has 182 valence electrons. The van der Waals surface area contributed by atoms with E-state index >= 15 is 0 Å². The van der Waals surface area contributed by atoms with Gasteiger partial charge in [0.15, 0.2) is 6.61 Å². The number of anilines is 3. The lowest BCUT2D eigenvalue weighted by Gasteiger charge is -2.30. The van der Waals surface area contributed by atoms with Gasteiger partial charge in [0.1, 0.15) is 0 Å². The van der Waals surface area contributed by atoms with Crippen LogP contribution in [0.25, 0.3) is 0 Å². The Morgan fingerprint density at radius 1 is 1.15 bits per heavy atom. The maximum Gasteiger partial charge on any atom is 0.422 e. The Labute approximate surface area is 190 Å². The summed E-state index contributed by atoms with van der Waals surface area (Å²) in [6, 6.07) is 6.89. The number of rotatable bonds is 8. The first-order valence-corrected chi connectivity index (χ1v) is 12.3. The minimum atomic E-state index is -4.54. The summed E-state index contributed by atoms with van der Waals surface area (Å²) in [5, 5.41) is 6.05. The molecule has 2 aromatic rings. The number of ether oxygens (including phenoxy) is 1. The monoisotopic (exact) mass is 488 g/mol. The molecule has 0 bridgehead atoms. The molecule has 1 fully saturated rings. The fraction of sp³-hybridized carbons (Fsp3) is 0.550. The zero-order chi connectivity index (χ0) is 24.2. The summed E-state index contributed by atoms with van der Waals surface area (Å²) in [6.07, 6.45) is -2.39. The maximum absolute atomic E-state index is 12.6. The summed E-state index contributed by atoms with van der Waals surface area (Å²) in [6.45, 7) is 3.20. The Hall–Kier alpha value is -2.67. The average molecular weight is 489 g/mol. The van der Waals surface area contributed by atoms with E-state index in [-0.39, 0.29) is 23.9 Å². The van der Waals surface area contributed by atoms with Gasteiger partial charge in [0.2, 0.25) is 21.9 Å². The predicted molar refractivity (Wildman–Crippen MR) is 118 cm³/mol. The van der Waals surface area contributed by atoms with Crippen LogP contribution in [0.3, 0.4) is 0 Å². The standard InChI is InChI=1S/C20H27F3N6O3S/c1-13(2)14-5-4-6-16(11-14)25-18-26-17(27-19(28-18)32-12-20(21,22)23)24-15-7-9-29(10-8-15)33(3,30)31/h4-6,11,13,15H,7-10,12H2,1-3H3,(H2,24,25,26,27,28). The molecule has 0 spiro atoms. The molecule has 1 aliphatic rings. The van der Waals surface area contributed by atoms with Crippen molar-refractivity contribution in [3.05, 3.63) is 29.8 Å². The zero-order valence-electron chi connectivity index (χ0n) is 18.6. The van der Waals surface area contributed by atoms with Crippen molar-refractivity contribution in [2.75, 3.05) is 36.6 Å². The highest BCUT2D eigenvalue weighted by molar-refractivity contribution is 7.88. The van der Waals surface area contributed by atoms with Crippen molar-refractivity contribution in [3.8, 4) is 6.01 Å². The van der Waals surface area contributed by atoms with Gasteiger partial charge >= 0.3 is 12.2 Å². The first kappa shape index (κ1) is 25.0. The van der Waals surface area contributed by atoms with Gasteiger partial charge in [0.25, 0.3) is 0 Å². The van der Waals surface area contributed by atoms with Crippen molar-refractivity contribution in [1.29, 1.82) is 0 Å². The van der Waals surface area contributed by atoms with Gasteiger partial charge in [-0.05, 0) is 36.5 Å². The molecule has 0 aliphatic carbocycles. The number of nitrogens with zero attached hydrogens (tertiary/aromatic N) is 4. The smallest absolute Gasteiger partial charge is 0.422 e. The molecule has 2 N–H and O–H groups in total. The Balaban J connectivity index is 1.78. The molecule has 0 radical (unpaired) electrons. The molecule has 0 atom stereocenters. The van der Waals surface area contributed by atoms with Gasteiger partial charge in [0.05, 0.1) is 6.26 Å². The first-order chi connectivity index (χ1) is 15.4. The van der Waals surface area contributed by atoms with E-state index in [4.69, 9.17) is 4.74 Å². The van der Waals surface area contributed by atoms with Crippen molar-refractivity contribution in [1.82, 2.24) is 19.3 Å². The molecule has 0 amide bonds. The Morgan fingerprint density at radius 3 is 2.42 bits per heavy atom. The van der Waals surface area contributed by atoms with E-state index < -0.39 is 28.8 Å². The van der Waals surface area contributed by atoms with Gasteiger partial charge in [-0.1, -0.05) is 26.0 Å². The second-order valence-corrected chi connectivity index (χ2v) is 10.1. The number of nitrogens with one attached hydrogen (secondary N) is 2. The number of benzene rings is 1. The summed E-state index contributed by atoms with van der Waals surface area (Å²) in [5.41, 5.74) is 1.74. The highest BCUT2D eigenvalue weighted by Crippen LogP contribution is 2.24. The number of hydrogen-bond donors (Lipinski definition) is 2. The van der Waals surface area contributed by atoms with Crippen molar-refractivity contribution in [3.63, 3.8) is 0 Å². The number of hydrogen-bond acceptors (Lipinski definition) is 8. The van der Waals surface area contributed by atoms with Crippen LogP contribution in [0.5, 0.6) is 6.01 Å². The van der Waals surface area contributed by atoms with Crippen LogP contribution in [0.1, 0.15) is 38.2 Å². The van der Waals surface area contributed by atoms with Crippen LogP contribution < -0.4 is 15.4 Å². The predicted octanol–water partition coefficient (Wildman–Crippen LogP) is 3.52. The Kier molecular flexibility index (Phi) is 7.62. The molecular weight excluding hydrogens is 461 g/mol. The maximum atomic E-state index is 12.6. The lowest BCUT2D eigenvalue weighted by molar-refractivity contribution is -0.154. The van der Waals surface area contributed by atoms with Crippen molar-refractivity contribution in [2.24, 2.45) is 0 Å². The molecule has 1 aliphatic heterocycles. The normalized spacial score (nSPS) is 16.1. The van der Waals surface area contributed by atoms with Crippen LogP contribution in [0, 0.1) is 0 Å². The topological polar surface area (TPSA) is 109 Å². The minimum Gasteiger partial charge on any atom is -0.454 e. The van der Waals surface area contributed by atoms with Crippen LogP contribution >= 0.6 is 0 Å². The van der Waals surface area contributed by atoms with Crippen molar-refractivity contribution >= 4 is 27.6 Å². The van der Waals surface area contributed by atoms with Crippen LogP contribution in [0.15, 0.2) is 24.3 Å². The number of halogens is 3. The number of piperidine rings is 1. The van der Waals surface area contributed by atoms with Crippen LogP contribution in [-0.2, 0) is 10.0 Å². The van der Waals surface area contributed by atoms with Crippen LogP contribution in [-0.4, -0.2) is 65.8 Å². The second-order valence-electron chi connectivity index (χ2n) is 8.15. The van der Waals surface area contributed by atoms with E-state index in [2.05, 4.69) is 25.6 Å². The van der Waals surface area contributed by atoms with E-state index in [0.29, 0.717) is 31.6 Å². The number of sulfonamides is 1. The van der Waals surface area contributed by atoms with Gasteiger partial charge in [-0.2, -0.15) is 28.1 Å². The molecule has 2 heterocycles. The summed E-state index contributed by atoms with van der Waals surface area (Å²) in [4.78, 5) is 12.2. The van der Waals surface area contributed by atoms with Gasteiger partial charge in [-0.15, -0.1) is 0 Å². The lowest BCUT2D eigenvalue weighted by atomic mass is 10.0. The largest absolute Gasteiger partial charge is 0.454 e. The van der Waals surface area contributed by atoms with E-state index in [9.17, 15) is 21.6 Å². The molecule has 9 nitrogen and oxygen atoms in total. The fourth-order valence-electron chi connectivity index (χ4n) is 3.31. The van der Waals surface area contributed by atoms with Gasteiger partial charge in [-0.25, -0.2) is 12.7 Å². The molecule has 13 heteroatoms. The van der Waals surface area contributed by atoms with Gasteiger partial charge < -0.3 is 15.4 Å². The Morgan fingerprint density at radius 2 is 1.82 bits per heavy atom. The fourth-order valence-corrected chi connectivity index (χ4v) is 4.18. The van der Waals surface area contributed by atoms with Gasteiger partial charge in [-0.3, -0.25) is 0 Å². The van der Waals surface area contributed by atoms with E-state index in [1.165, 1.54) is 4.31 Å². The quantitative estimate of drug-likeness (QED) is 0.581. The Bertz CT molecular complexity index is 1060. The molecule has 0 unspecified atom stereocenters.